The minimum absolute atomic E-state index is 0.0936. The Morgan fingerprint density at radius 3 is 2.70 bits per heavy atom. The van der Waals surface area contributed by atoms with Gasteiger partial charge in [0.2, 0.25) is 5.09 Å². The third-order valence-electron chi connectivity index (χ3n) is 4.32. The standard InChI is InChI=1S/C15H16FNO5S/c1-8-6-17(7-12(8)14(18)19)23(20,21)15-9(2)11-5-10(16)3-4-13(11)22-15/h3-5,8,12H,6-7H2,1-2H3,(H,18,19)/t8-,12-/m1/s1. The Balaban J connectivity index is 2.04. The van der Waals surface area contributed by atoms with Crippen molar-refractivity contribution in [2.45, 2.75) is 18.9 Å². The van der Waals surface area contributed by atoms with Gasteiger partial charge in [-0.1, -0.05) is 6.92 Å². The average molecular weight is 341 g/mol. The molecule has 2 aromatic rings. The molecule has 2 heterocycles. The van der Waals surface area contributed by atoms with Gasteiger partial charge in [-0.05, 0) is 31.0 Å². The van der Waals surface area contributed by atoms with Crippen molar-refractivity contribution in [1.29, 1.82) is 0 Å². The first-order valence-corrected chi connectivity index (χ1v) is 8.57. The number of halogens is 1. The SMILES string of the molecule is Cc1c(S(=O)(=O)N2C[C@@H](C)[C@H](C(=O)O)C2)oc2ccc(F)cc12. The van der Waals surface area contributed by atoms with Crippen molar-refractivity contribution >= 4 is 27.0 Å². The highest BCUT2D eigenvalue weighted by Gasteiger charge is 2.42. The van der Waals surface area contributed by atoms with Gasteiger partial charge in [0.15, 0.2) is 0 Å². The zero-order chi connectivity index (χ0) is 16.9. The number of carbonyl (C=O) groups is 1. The Labute approximate surface area is 132 Å². The minimum atomic E-state index is -3.96. The van der Waals surface area contributed by atoms with E-state index in [0.29, 0.717) is 10.9 Å². The van der Waals surface area contributed by atoms with Crippen LogP contribution < -0.4 is 0 Å². The molecule has 0 bridgehead atoms. The summed E-state index contributed by atoms with van der Waals surface area (Å²) < 4.78 is 45.4. The summed E-state index contributed by atoms with van der Waals surface area (Å²) in [5, 5.41) is 9.29. The van der Waals surface area contributed by atoms with E-state index in [0.717, 1.165) is 4.31 Å². The fourth-order valence-corrected chi connectivity index (χ4v) is 4.69. The van der Waals surface area contributed by atoms with Crippen LogP contribution in [0.4, 0.5) is 4.39 Å². The number of hydrogen-bond donors (Lipinski definition) is 1. The molecule has 1 aromatic heterocycles. The van der Waals surface area contributed by atoms with E-state index in [-0.39, 0.29) is 29.7 Å². The Hall–Kier alpha value is -1.93. The molecular formula is C15H16FNO5S. The molecule has 0 aliphatic carbocycles. The molecule has 0 radical (unpaired) electrons. The van der Waals surface area contributed by atoms with Crippen LogP contribution in [0, 0.1) is 24.6 Å². The first kappa shape index (κ1) is 15.9. The number of furan rings is 1. The van der Waals surface area contributed by atoms with Gasteiger partial charge in [-0.15, -0.1) is 0 Å². The van der Waals surface area contributed by atoms with Crippen LogP contribution in [0.5, 0.6) is 0 Å². The maximum absolute atomic E-state index is 13.3. The van der Waals surface area contributed by atoms with Gasteiger partial charge in [0.05, 0.1) is 5.92 Å². The Morgan fingerprint density at radius 1 is 1.39 bits per heavy atom. The van der Waals surface area contributed by atoms with Gasteiger partial charge < -0.3 is 9.52 Å². The number of carboxylic acid groups (broad SMARTS) is 1. The number of sulfonamides is 1. The fraction of sp³-hybridized carbons (Fsp3) is 0.400. The van der Waals surface area contributed by atoms with Crippen molar-refractivity contribution in [3.63, 3.8) is 0 Å². The Kier molecular flexibility index (Phi) is 3.68. The third kappa shape index (κ3) is 2.51. The molecule has 1 aliphatic heterocycles. The van der Waals surface area contributed by atoms with Gasteiger partial charge in [0.1, 0.15) is 11.4 Å². The van der Waals surface area contributed by atoms with Gasteiger partial charge in [-0.3, -0.25) is 4.79 Å². The van der Waals surface area contributed by atoms with Gasteiger partial charge in [0, 0.05) is 24.0 Å². The summed E-state index contributed by atoms with van der Waals surface area (Å²) in [5.74, 6) is -2.53. The van der Waals surface area contributed by atoms with E-state index < -0.39 is 27.7 Å². The van der Waals surface area contributed by atoms with Crippen LogP contribution in [0.25, 0.3) is 11.0 Å². The lowest BCUT2D eigenvalue weighted by Crippen LogP contribution is -2.30. The lowest BCUT2D eigenvalue weighted by atomic mass is 9.99. The van der Waals surface area contributed by atoms with Crippen molar-refractivity contribution in [2.24, 2.45) is 11.8 Å². The molecule has 0 saturated carbocycles. The predicted molar refractivity (Wildman–Crippen MR) is 80.0 cm³/mol. The largest absolute Gasteiger partial charge is 0.481 e. The number of aryl methyl sites for hydroxylation is 1. The maximum atomic E-state index is 13.3. The molecule has 3 rings (SSSR count). The van der Waals surface area contributed by atoms with Gasteiger partial charge >= 0.3 is 5.97 Å². The highest BCUT2D eigenvalue weighted by Crippen LogP contribution is 2.34. The molecule has 1 fully saturated rings. The number of aliphatic carboxylic acids is 1. The van der Waals surface area contributed by atoms with Crippen LogP contribution in [0.3, 0.4) is 0 Å². The number of rotatable bonds is 3. The molecule has 1 saturated heterocycles. The maximum Gasteiger partial charge on any atom is 0.308 e. The number of benzene rings is 1. The van der Waals surface area contributed by atoms with Crippen LogP contribution in [-0.4, -0.2) is 36.9 Å². The molecule has 1 N–H and O–H groups in total. The topological polar surface area (TPSA) is 87.8 Å². The smallest absolute Gasteiger partial charge is 0.308 e. The van der Waals surface area contributed by atoms with Crippen molar-refractivity contribution in [1.82, 2.24) is 4.31 Å². The van der Waals surface area contributed by atoms with E-state index in [1.54, 1.807) is 13.8 Å². The summed E-state index contributed by atoms with van der Waals surface area (Å²) >= 11 is 0. The second kappa shape index (κ2) is 5.31. The zero-order valence-corrected chi connectivity index (χ0v) is 13.4. The lowest BCUT2D eigenvalue weighted by molar-refractivity contribution is -0.142. The highest BCUT2D eigenvalue weighted by atomic mass is 32.2. The molecule has 8 heteroatoms. The van der Waals surface area contributed by atoms with Gasteiger partial charge in [0.25, 0.3) is 10.0 Å². The van der Waals surface area contributed by atoms with Crippen LogP contribution >= 0.6 is 0 Å². The summed E-state index contributed by atoms with van der Waals surface area (Å²) in [6.07, 6.45) is 0. The van der Waals surface area contributed by atoms with Crippen molar-refractivity contribution in [2.75, 3.05) is 13.1 Å². The van der Waals surface area contributed by atoms with Crippen LogP contribution in [0.2, 0.25) is 0 Å². The minimum Gasteiger partial charge on any atom is -0.481 e. The molecule has 124 valence electrons. The molecule has 1 aromatic carbocycles. The summed E-state index contributed by atoms with van der Waals surface area (Å²) in [7, 11) is -3.96. The van der Waals surface area contributed by atoms with Crippen LogP contribution in [0.1, 0.15) is 12.5 Å². The van der Waals surface area contributed by atoms with Crippen molar-refractivity contribution < 1.29 is 27.1 Å². The lowest BCUT2D eigenvalue weighted by Gasteiger charge is -2.14. The molecule has 0 amide bonds. The van der Waals surface area contributed by atoms with E-state index >= 15 is 0 Å². The average Bonchev–Trinajstić information content (AvgIpc) is 3.01. The molecule has 23 heavy (non-hydrogen) atoms. The molecule has 0 spiro atoms. The fourth-order valence-electron chi connectivity index (χ4n) is 2.97. The van der Waals surface area contributed by atoms with E-state index in [1.807, 2.05) is 0 Å². The quantitative estimate of drug-likeness (QED) is 0.925. The van der Waals surface area contributed by atoms with Gasteiger partial charge in [-0.25, -0.2) is 12.8 Å². The number of hydrogen-bond acceptors (Lipinski definition) is 4. The Morgan fingerprint density at radius 2 is 2.09 bits per heavy atom. The van der Waals surface area contributed by atoms with Crippen LogP contribution in [0.15, 0.2) is 27.7 Å². The second-order valence-electron chi connectivity index (χ2n) is 5.90. The second-order valence-corrected chi connectivity index (χ2v) is 7.74. The first-order valence-electron chi connectivity index (χ1n) is 7.13. The van der Waals surface area contributed by atoms with Gasteiger partial charge in [-0.2, -0.15) is 4.31 Å². The number of nitrogens with zero attached hydrogens (tertiary/aromatic N) is 1. The van der Waals surface area contributed by atoms with E-state index in [2.05, 4.69) is 0 Å². The van der Waals surface area contributed by atoms with Crippen LogP contribution in [-0.2, 0) is 14.8 Å². The predicted octanol–water partition coefficient (Wildman–Crippen LogP) is 2.22. The van der Waals surface area contributed by atoms with E-state index in [1.165, 1.54) is 18.2 Å². The summed E-state index contributed by atoms with van der Waals surface area (Å²) in [6.45, 7) is 3.27. The normalized spacial score (nSPS) is 22.7. The van der Waals surface area contributed by atoms with Crippen molar-refractivity contribution in [3.05, 3.63) is 29.6 Å². The van der Waals surface area contributed by atoms with E-state index in [4.69, 9.17) is 9.52 Å². The Bertz CT molecular complexity index is 889. The summed E-state index contributed by atoms with van der Waals surface area (Å²) in [6, 6.07) is 3.79. The summed E-state index contributed by atoms with van der Waals surface area (Å²) in [5.41, 5.74) is 0.607. The molecular weight excluding hydrogens is 325 g/mol. The third-order valence-corrected chi connectivity index (χ3v) is 6.16. The highest BCUT2D eigenvalue weighted by molar-refractivity contribution is 7.89. The number of fused-ring (bicyclic) bond motifs is 1. The molecule has 1 aliphatic rings. The molecule has 2 atom stereocenters. The zero-order valence-electron chi connectivity index (χ0n) is 12.6. The first-order chi connectivity index (χ1) is 10.7. The molecule has 6 nitrogen and oxygen atoms in total. The van der Waals surface area contributed by atoms with E-state index in [9.17, 15) is 17.6 Å². The monoisotopic (exact) mass is 341 g/mol. The van der Waals surface area contributed by atoms with Crippen molar-refractivity contribution in [3.8, 4) is 0 Å². The molecule has 0 unspecified atom stereocenters. The number of carboxylic acids is 1. The summed E-state index contributed by atoms with van der Waals surface area (Å²) in [4.78, 5) is 11.2.